The van der Waals surface area contributed by atoms with E-state index in [1.54, 1.807) is 12.4 Å². The normalized spacial score (nSPS) is 10.5. The van der Waals surface area contributed by atoms with Crippen LogP contribution in [-0.4, -0.2) is 16.5 Å². The minimum atomic E-state index is 0.698. The molecule has 0 spiro atoms. The highest BCUT2D eigenvalue weighted by Gasteiger charge is 1.96. The lowest BCUT2D eigenvalue weighted by Crippen LogP contribution is -2.07. The third-order valence-corrected chi connectivity index (χ3v) is 2.03. The van der Waals surface area contributed by atoms with Crippen LogP contribution in [0.5, 0.6) is 0 Å². The van der Waals surface area contributed by atoms with Gasteiger partial charge in [-0.15, -0.1) is 0 Å². The van der Waals surface area contributed by atoms with Crippen LogP contribution in [0.25, 0.3) is 0 Å². The van der Waals surface area contributed by atoms with E-state index in [0.717, 1.165) is 17.4 Å². The topological polar surface area (TPSA) is 37.8 Å². The van der Waals surface area contributed by atoms with Crippen LogP contribution in [0.3, 0.4) is 0 Å². The van der Waals surface area contributed by atoms with Gasteiger partial charge in [0.15, 0.2) is 0 Å². The number of hydrogen-bond donors (Lipinski definition) is 1. The van der Waals surface area contributed by atoms with E-state index in [1.165, 1.54) is 0 Å². The van der Waals surface area contributed by atoms with E-state index in [1.807, 2.05) is 0 Å². The van der Waals surface area contributed by atoms with Crippen molar-refractivity contribution in [3.63, 3.8) is 0 Å². The summed E-state index contributed by atoms with van der Waals surface area (Å²) in [5, 5.41) is 3.16. The minimum absolute atomic E-state index is 0.698. The van der Waals surface area contributed by atoms with Gasteiger partial charge in [-0.05, 0) is 28.3 Å². The molecule has 1 N–H and O–H groups in total. The van der Waals surface area contributed by atoms with Gasteiger partial charge in [0.05, 0.1) is 4.47 Å². The predicted octanol–water partition coefficient (Wildman–Crippen LogP) is 2.70. The van der Waals surface area contributed by atoms with E-state index in [9.17, 15) is 0 Å². The molecule has 1 rings (SSSR count). The summed E-state index contributed by atoms with van der Waals surface area (Å²) in [5.41, 5.74) is 0. The zero-order chi connectivity index (χ0) is 9.68. The molecule has 3 nitrogen and oxygen atoms in total. The molecule has 1 heterocycles. The van der Waals surface area contributed by atoms with Crippen molar-refractivity contribution in [1.82, 2.24) is 9.97 Å². The summed E-state index contributed by atoms with van der Waals surface area (Å²) >= 11 is 3.28. The van der Waals surface area contributed by atoms with E-state index in [2.05, 4.69) is 45.1 Å². The smallest absolute Gasteiger partial charge is 0.222 e. The Balaban J connectivity index is 2.33. The number of nitrogens with one attached hydrogen (secondary N) is 1. The van der Waals surface area contributed by atoms with Gasteiger partial charge in [0.2, 0.25) is 5.95 Å². The highest BCUT2D eigenvalue weighted by atomic mass is 79.9. The van der Waals surface area contributed by atoms with Crippen molar-refractivity contribution < 1.29 is 0 Å². The summed E-state index contributed by atoms with van der Waals surface area (Å²) in [5.74, 6) is 1.41. The predicted molar refractivity (Wildman–Crippen MR) is 57.7 cm³/mol. The molecule has 13 heavy (non-hydrogen) atoms. The molecule has 0 fully saturated rings. The Morgan fingerprint density at radius 2 is 2.00 bits per heavy atom. The van der Waals surface area contributed by atoms with E-state index < -0.39 is 0 Å². The zero-order valence-electron chi connectivity index (χ0n) is 7.92. The molecule has 0 aliphatic heterocycles. The van der Waals surface area contributed by atoms with Gasteiger partial charge in [-0.1, -0.05) is 13.8 Å². The van der Waals surface area contributed by atoms with Gasteiger partial charge in [-0.25, -0.2) is 9.97 Å². The van der Waals surface area contributed by atoms with Gasteiger partial charge in [-0.2, -0.15) is 0 Å². The minimum Gasteiger partial charge on any atom is -0.354 e. The molecule has 4 heteroatoms. The highest BCUT2D eigenvalue weighted by Crippen LogP contribution is 2.07. The van der Waals surface area contributed by atoms with Gasteiger partial charge in [-0.3, -0.25) is 0 Å². The first-order chi connectivity index (χ1) is 6.18. The van der Waals surface area contributed by atoms with Crippen LogP contribution in [0.15, 0.2) is 16.9 Å². The Labute approximate surface area is 87.1 Å². The third-order valence-electron chi connectivity index (χ3n) is 1.63. The van der Waals surface area contributed by atoms with E-state index >= 15 is 0 Å². The Kier molecular flexibility index (Phi) is 4.15. The van der Waals surface area contributed by atoms with Crippen molar-refractivity contribution in [2.24, 2.45) is 5.92 Å². The maximum absolute atomic E-state index is 4.11. The second-order valence-corrected chi connectivity index (χ2v) is 4.25. The lowest BCUT2D eigenvalue weighted by molar-refractivity contribution is 0.606. The van der Waals surface area contributed by atoms with Crippen molar-refractivity contribution in [1.29, 1.82) is 0 Å². The molecule has 0 aliphatic rings. The molecule has 0 amide bonds. The van der Waals surface area contributed by atoms with Crippen molar-refractivity contribution in [2.45, 2.75) is 20.3 Å². The van der Waals surface area contributed by atoms with E-state index in [4.69, 9.17) is 0 Å². The van der Waals surface area contributed by atoms with Gasteiger partial charge in [0.1, 0.15) is 0 Å². The molecule has 1 aromatic heterocycles. The molecule has 0 radical (unpaired) electrons. The first-order valence-electron chi connectivity index (χ1n) is 4.40. The molecule has 0 saturated heterocycles. The number of halogens is 1. The Morgan fingerprint density at radius 1 is 1.38 bits per heavy atom. The summed E-state index contributed by atoms with van der Waals surface area (Å²) in [4.78, 5) is 8.21. The van der Waals surface area contributed by atoms with Gasteiger partial charge in [0, 0.05) is 18.9 Å². The molecule has 72 valence electrons. The molecule has 0 saturated carbocycles. The lowest BCUT2D eigenvalue weighted by atomic mass is 10.1. The van der Waals surface area contributed by atoms with Crippen LogP contribution in [-0.2, 0) is 0 Å². The quantitative estimate of drug-likeness (QED) is 0.884. The number of nitrogens with zero attached hydrogens (tertiary/aromatic N) is 2. The summed E-state index contributed by atoms with van der Waals surface area (Å²) in [6.45, 7) is 5.33. The van der Waals surface area contributed by atoms with E-state index in [-0.39, 0.29) is 0 Å². The molecule has 1 aromatic rings. The van der Waals surface area contributed by atoms with Crippen LogP contribution < -0.4 is 5.32 Å². The Hall–Kier alpha value is -0.640. The van der Waals surface area contributed by atoms with Crippen molar-refractivity contribution in [3.8, 4) is 0 Å². The average Bonchev–Trinajstić information content (AvgIpc) is 2.08. The van der Waals surface area contributed by atoms with Crippen LogP contribution in [0, 0.1) is 5.92 Å². The van der Waals surface area contributed by atoms with Crippen molar-refractivity contribution >= 4 is 21.9 Å². The maximum Gasteiger partial charge on any atom is 0.222 e. The van der Waals surface area contributed by atoms with Crippen LogP contribution >= 0.6 is 15.9 Å². The largest absolute Gasteiger partial charge is 0.354 e. The lowest BCUT2D eigenvalue weighted by Gasteiger charge is -2.05. The van der Waals surface area contributed by atoms with Gasteiger partial charge >= 0.3 is 0 Å². The molecular weight excluding hydrogens is 230 g/mol. The van der Waals surface area contributed by atoms with E-state index in [0.29, 0.717) is 11.9 Å². The van der Waals surface area contributed by atoms with Crippen LogP contribution in [0.4, 0.5) is 5.95 Å². The van der Waals surface area contributed by atoms with Gasteiger partial charge in [0.25, 0.3) is 0 Å². The fraction of sp³-hybridized carbons (Fsp3) is 0.556. The Bertz CT molecular complexity index is 246. The van der Waals surface area contributed by atoms with Crippen molar-refractivity contribution in [2.75, 3.05) is 11.9 Å². The average molecular weight is 244 g/mol. The first-order valence-corrected chi connectivity index (χ1v) is 5.19. The Morgan fingerprint density at radius 3 is 2.54 bits per heavy atom. The third kappa shape index (κ3) is 4.22. The fourth-order valence-corrected chi connectivity index (χ4v) is 1.08. The van der Waals surface area contributed by atoms with Crippen LogP contribution in [0.1, 0.15) is 20.3 Å². The standard InChI is InChI=1S/C9H14BrN3/c1-7(2)3-4-11-9-12-5-8(10)6-13-9/h5-7H,3-4H2,1-2H3,(H,11,12,13). The molecule has 0 atom stereocenters. The second kappa shape index (κ2) is 5.17. The highest BCUT2D eigenvalue weighted by molar-refractivity contribution is 9.10. The maximum atomic E-state index is 4.11. The summed E-state index contributed by atoms with van der Waals surface area (Å²) in [6, 6.07) is 0. The fourth-order valence-electron chi connectivity index (χ4n) is 0.876. The molecule has 0 aliphatic carbocycles. The molecule has 0 bridgehead atoms. The molecule has 0 aromatic carbocycles. The van der Waals surface area contributed by atoms with Crippen LogP contribution in [0.2, 0.25) is 0 Å². The summed E-state index contributed by atoms with van der Waals surface area (Å²) in [7, 11) is 0. The summed E-state index contributed by atoms with van der Waals surface area (Å²) in [6.07, 6.45) is 4.62. The zero-order valence-corrected chi connectivity index (χ0v) is 9.50. The molecular formula is C9H14BrN3. The number of hydrogen-bond acceptors (Lipinski definition) is 3. The first kappa shape index (κ1) is 10.4. The summed E-state index contributed by atoms with van der Waals surface area (Å²) < 4.78 is 0.905. The van der Waals surface area contributed by atoms with Gasteiger partial charge < -0.3 is 5.32 Å². The second-order valence-electron chi connectivity index (χ2n) is 3.33. The van der Waals surface area contributed by atoms with Crippen molar-refractivity contribution in [3.05, 3.63) is 16.9 Å². The number of aromatic nitrogens is 2. The number of rotatable bonds is 4. The SMILES string of the molecule is CC(C)CCNc1ncc(Br)cn1. The number of anilines is 1. The molecule has 0 unspecified atom stereocenters. The monoisotopic (exact) mass is 243 g/mol.